The van der Waals surface area contributed by atoms with Gasteiger partial charge in [-0.2, -0.15) is 0 Å². The molecule has 2 heterocycles. The van der Waals surface area contributed by atoms with Crippen LogP contribution in [-0.4, -0.2) is 60.4 Å². The molecule has 32 heavy (non-hydrogen) atoms. The number of benzene rings is 2. The van der Waals surface area contributed by atoms with Gasteiger partial charge in [-0.05, 0) is 11.1 Å². The van der Waals surface area contributed by atoms with Crippen molar-refractivity contribution in [3.8, 4) is 0 Å². The third-order valence-electron chi connectivity index (χ3n) is 5.87. The van der Waals surface area contributed by atoms with Gasteiger partial charge in [0, 0.05) is 26.9 Å². The monoisotopic (exact) mass is 439 g/mol. The maximum atomic E-state index is 11.8. The number of ether oxygens (including phenoxy) is 4. The van der Waals surface area contributed by atoms with E-state index in [-0.39, 0.29) is 18.2 Å². The number of rotatable bonds is 8. The molecular weight excluding hydrogens is 410 g/mol. The average molecular weight is 440 g/mol. The van der Waals surface area contributed by atoms with Crippen molar-refractivity contribution in [1.29, 1.82) is 0 Å². The van der Waals surface area contributed by atoms with Gasteiger partial charge in [0.25, 0.3) is 0 Å². The second kappa shape index (κ2) is 10.3. The molecule has 7 heteroatoms. The van der Waals surface area contributed by atoms with Crippen LogP contribution in [0, 0.1) is 0 Å². The average Bonchev–Trinajstić information content (AvgIpc) is 3.27. The molecule has 0 radical (unpaired) electrons. The zero-order chi connectivity index (χ0) is 22.5. The molecule has 170 valence electrons. The van der Waals surface area contributed by atoms with E-state index >= 15 is 0 Å². The van der Waals surface area contributed by atoms with Gasteiger partial charge in [0.1, 0.15) is 6.10 Å². The first-order valence-corrected chi connectivity index (χ1v) is 10.9. The predicted octanol–water partition coefficient (Wildman–Crippen LogP) is 2.72. The van der Waals surface area contributed by atoms with Gasteiger partial charge in [0.05, 0.1) is 25.4 Å². The lowest BCUT2D eigenvalue weighted by molar-refractivity contribution is -0.166. The number of fused-ring (bicyclic) bond motifs is 1. The van der Waals surface area contributed by atoms with Crippen molar-refractivity contribution in [2.24, 2.45) is 0 Å². The Morgan fingerprint density at radius 1 is 0.750 bits per heavy atom. The summed E-state index contributed by atoms with van der Waals surface area (Å²) in [7, 11) is 0. The van der Waals surface area contributed by atoms with Gasteiger partial charge in [0.2, 0.25) is 0 Å². The zero-order valence-corrected chi connectivity index (χ0v) is 18.4. The minimum Gasteiger partial charge on any atom is -0.457 e. The number of esters is 2. The molecule has 2 aliphatic heterocycles. The number of nitrogens with zero attached hydrogens (tertiary/aromatic N) is 1. The summed E-state index contributed by atoms with van der Waals surface area (Å²) in [4.78, 5) is 25.6. The third-order valence-corrected chi connectivity index (χ3v) is 5.87. The van der Waals surface area contributed by atoms with Crippen LogP contribution in [0.5, 0.6) is 0 Å². The highest BCUT2D eigenvalue weighted by atomic mass is 16.6. The molecule has 0 amide bonds. The molecule has 0 unspecified atom stereocenters. The minimum absolute atomic E-state index is 0.208. The van der Waals surface area contributed by atoms with Crippen LogP contribution < -0.4 is 0 Å². The van der Waals surface area contributed by atoms with Crippen molar-refractivity contribution in [3.63, 3.8) is 0 Å². The summed E-state index contributed by atoms with van der Waals surface area (Å²) in [6.45, 7) is 4.68. The van der Waals surface area contributed by atoms with E-state index in [9.17, 15) is 9.59 Å². The summed E-state index contributed by atoms with van der Waals surface area (Å²) in [6, 6.07) is 19.6. The second-order valence-corrected chi connectivity index (χ2v) is 8.26. The Hall–Kier alpha value is -2.74. The van der Waals surface area contributed by atoms with Crippen LogP contribution >= 0.6 is 0 Å². The van der Waals surface area contributed by atoms with Crippen molar-refractivity contribution in [2.45, 2.75) is 57.5 Å². The number of hydrogen-bond donors (Lipinski definition) is 0. The fourth-order valence-electron chi connectivity index (χ4n) is 4.58. The van der Waals surface area contributed by atoms with E-state index in [0.717, 1.165) is 11.1 Å². The number of carbonyl (C=O) groups excluding carboxylic acids is 2. The maximum Gasteiger partial charge on any atom is 0.303 e. The Morgan fingerprint density at radius 2 is 1.28 bits per heavy atom. The first-order valence-electron chi connectivity index (χ1n) is 10.9. The molecule has 0 aromatic heterocycles. The van der Waals surface area contributed by atoms with Crippen LogP contribution in [0.4, 0.5) is 0 Å². The summed E-state index contributed by atoms with van der Waals surface area (Å²) >= 11 is 0. The summed E-state index contributed by atoms with van der Waals surface area (Å²) in [5.41, 5.74) is 2.13. The fraction of sp³-hybridized carbons (Fsp3) is 0.440. The zero-order valence-electron chi connectivity index (χ0n) is 18.4. The lowest BCUT2D eigenvalue weighted by Gasteiger charge is -2.29. The van der Waals surface area contributed by atoms with Crippen LogP contribution in [0.25, 0.3) is 0 Å². The van der Waals surface area contributed by atoms with Crippen LogP contribution in [0.2, 0.25) is 0 Å². The molecule has 2 fully saturated rings. The first-order chi connectivity index (χ1) is 15.5. The summed E-state index contributed by atoms with van der Waals surface area (Å²) in [5.74, 6) is -0.809. The van der Waals surface area contributed by atoms with E-state index < -0.39 is 24.1 Å². The first kappa shape index (κ1) is 22.5. The second-order valence-electron chi connectivity index (χ2n) is 8.26. The van der Waals surface area contributed by atoms with E-state index in [1.807, 2.05) is 60.7 Å². The Balaban J connectivity index is 1.53. The largest absolute Gasteiger partial charge is 0.457 e. The van der Waals surface area contributed by atoms with Gasteiger partial charge >= 0.3 is 11.9 Å². The predicted molar refractivity (Wildman–Crippen MR) is 117 cm³/mol. The molecule has 0 saturated carbocycles. The Kier molecular flexibility index (Phi) is 7.19. The van der Waals surface area contributed by atoms with Gasteiger partial charge in [0.15, 0.2) is 12.2 Å². The van der Waals surface area contributed by atoms with E-state index in [4.69, 9.17) is 18.9 Å². The molecule has 4 rings (SSSR count). The highest BCUT2D eigenvalue weighted by molar-refractivity contribution is 5.67. The Bertz CT molecular complexity index is 905. The van der Waals surface area contributed by atoms with Gasteiger partial charge in [-0.25, -0.2) is 0 Å². The summed E-state index contributed by atoms with van der Waals surface area (Å²) < 4.78 is 23.8. The van der Waals surface area contributed by atoms with Crippen molar-refractivity contribution in [1.82, 2.24) is 4.90 Å². The molecule has 7 nitrogen and oxygen atoms in total. The molecule has 0 aliphatic carbocycles. The van der Waals surface area contributed by atoms with Crippen molar-refractivity contribution in [2.75, 3.05) is 13.1 Å². The van der Waals surface area contributed by atoms with Crippen LogP contribution in [0.15, 0.2) is 60.7 Å². The molecule has 5 atom stereocenters. The maximum absolute atomic E-state index is 11.8. The standard InChI is InChI=1S/C25H29NO6/c1-17(27)31-22-14-26-13-21(29-15-19-9-5-3-6-10-19)24(23(26)25(22)32-18(2)28)30-16-20-11-7-4-8-12-20/h3-12,21-25H,13-16H2,1-2H3/t21-,22-,23+,24+,25-/m0/s1. The van der Waals surface area contributed by atoms with E-state index in [0.29, 0.717) is 26.3 Å². The summed E-state index contributed by atoms with van der Waals surface area (Å²) in [5, 5.41) is 0. The SMILES string of the molecule is CC(=O)O[C@@H]1[C@H]2[C@H](OCc3ccccc3)[C@@H](OCc3ccccc3)CN2C[C@@H]1OC(C)=O. The van der Waals surface area contributed by atoms with E-state index in [2.05, 4.69) is 4.90 Å². The normalized spacial score (nSPS) is 27.1. The van der Waals surface area contributed by atoms with Crippen molar-refractivity contribution in [3.05, 3.63) is 71.8 Å². The van der Waals surface area contributed by atoms with Gasteiger partial charge < -0.3 is 18.9 Å². The lowest BCUT2D eigenvalue weighted by Crippen LogP contribution is -2.46. The molecule has 2 aromatic rings. The Labute approximate surface area is 188 Å². The highest BCUT2D eigenvalue weighted by Gasteiger charge is 2.57. The topological polar surface area (TPSA) is 74.3 Å². The van der Waals surface area contributed by atoms with Gasteiger partial charge in [-0.1, -0.05) is 60.7 Å². The molecule has 0 N–H and O–H groups in total. The Morgan fingerprint density at radius 3 is 1.84 bits per heavy atom. The van der Waals surface area contributed by atoms with Crippen LogP contribution in [0.1, 0.15) is 25.0 Å². The van der Waals surface area contributed by atoms with Gasteiger partial charge in [-0.15, -0.1) is 0 Å². The number of carbonyl (C=O) groups is 2. The molecule has 2 aromatic carbocycles. The molecular formula is C25H29NO6. The van der Waals surface area contributed by atoms with Crippen molar-refractivity contribution < 1.29 is 28.5 Å². The molecule has 2 aliphatic rings. The minimum atomic E-state index is -0.609. The quantitative estimate of drug-likeness (QED) is 0.586. The molecule has 0 bridgehead atoms. The van der Waals surface area contributed by atoms with Gasteiger partial charge in [-0.3, -0.25) is 14.5 Å². The third kappa shape index (κ3) is 5.35. The lowest BCUT2D eigenvalue weighted by atomic mass is 10.0. The fourth-order valence-corrected chi connectivity index (χ4v) is 4.58. The van der Waals surface area contributed by atoms with E-state index in [1.165, 1.54) is 13.8 Å². The highest BCUT2D eigenvalue weighted by Crippen LogP contribution is 2.36. The van der Waals surface area contributed by atoms with Crippen molar-refractivity contribution >= 4 is 11.9 Å². The van der Waals surface area contributed by atoms with Crippen LogP contribution in [0.3, 0.4) is 0 Å². The molecule has 0 spiro atoms. The number of hydrogen-bond acceptors (Lipinski definition) is 7. The van der Waals surface area contributed by atoms with E-state index in [1.54, 1.807) is 0 Å². The summed E-state index contributed by atoms with van der Waals surface area (Å²) in [6.07, 6.45) is -1.69. The smallest absolute Gasteiger partial charge is 0.303 e. The van der Waals surface area contributed by atoms with Crippen LogP contribution in [-0.2, 0) is 41.8 Å². The molecule has 2 saturated heterocycles.